The number of rotatable bonds is 3. The predicted molar refractivity (Wildman–Crippen MR) is 87.5 cm³/mol. The maximum Gasteiger partial charge on any atom is 0.255 e. The molecule has 0 N–H and O–H groups in total. The maximum absolute atomic E-state index is 12.5. The highest BCUT2D eigenvalue weighted by molar-refractivity contribution is 7.89. The van der Waals surface area contributed by atoms with Gasteiger partial charge in [-0.15, -0.1) is 0 Å². The van der Waals surface area contributed by atoms with E-state index in [4.69, 9.17) is 0 Å². The zero-order valence-corrected chi connectivity index (χ0v) is 14.3. The van der Waals surface area contributed by atoms with Crippen molar-refractivity contribution in [2.24, 2.45) is 5.41 Å². The van der Waals surface area contributed by atoms with Crippen molar-refractivity contribution < 1.29 is 13.2 Å². The lowest BCUT2D eigenvalue weighted by Crippen LogP contribution is -2.45. The van der Waals surface area contributed by atoms with Gasteiger partial charge in [0.25, 0.3) is 5.91 Å². The van der Waals surface area contributed by atoms with Gasteiger partial charge in [0.2, 0.25) is 10.0 Å². The van der Waals surface area contributed by atoms with Gasteiger partial charge in [-0.3, -0.25) is 9.78 Å². The van der Waals surface area contributed by atoms with E-state index in [1.165, 1.54) is 0 Å². The first-order valence-corrected chi connectivity index (χ1v) is 9.74. The zero-order valence-electron chi connectivity index (χ0n) is 13.4. The Kier molecular flexibility index (Phi) is 4.42. The third-order valence-corrected chi connectivity index (χ3v) is 7.06. The number of hydrogen-bond acceptors (Lipinski definition) is 4. The molecular formula is C16H23N3O3S. The first kappa shape index (κ1) is 16.4. The Bertz CT molecular complexity index is 667. The van der Waals surface area contributed by atoms with Crippen LogP contribution >= 0.6 is 0 Å². The lowest BCUT2D eigenvalue weighted by molar-refractivity contribution is 0.0750. The number of aromatic nitrogens is 1. The quantitative estimate of drug-likeness (QED) is 0.835. The van der Waals surface area contributed by atoms with Crippen LogP contribution in [0.1, 0.15) is 36.5 Å². The summed E-state index contributed by atoms with van der Waals surface area (Å²) in [7, 11) is -3.10. The highest BCUT2D eigenvalue weighted by Gasteiger charge is 2.43. The fourth-order valence-corrected chi connectivity index (χ4v) is 4.71. The third kappa shape index (κ3) is 3.26. The standard InChI is InChI=1S/C16H23N3O3S/c1-2-23(21,22)19-10-6-16(7-11-19)5-9-18(13-16)15(20)14-4-3-8-17-12-14/h3-4,8,12H,2,5-7,9-11,13H2,1H3. The molecule has 7 heteroatoms. The number of likely N-dealkylation sites (tertiary alicyclic amines) is 1. The Morgan fingerprint density at radius 2 is 1.96 bits per heavy atom. The molecule has 2 saturated heterocycles. The Morgan fingerprint density at radius 1 is 1.26 bits per heavy atom. The fraction of sp³-hybridized carbons (Fsp3) is 0.625. The largest absolute Gasteiger partial charge is 0.338 e. The minimum absolute atomic E-state index is 0.0265. The highest BCUT2D eigenvalue weighted by atomic mass is 32.2. The van der Waals surface area contributed by atoms with Gasteiger partial charge in [0.15, 0.2) is 0 Å². The molecule has 1 amide bonds. The number of carbonyl (C=O) groups excluding carboxylic acids is 1. The molecule has 2 aliphatic heterocycles. The van der Waals surface area contributed by atoms with Gasteiger partial charge in [-0.1, -0.05) is 0 Å². The van der Waals surface area contributed by atoms with Gasteiger partial charge in [0.05, 0.1) is 11.3 Å². The molecule has 0 atom stereocenters. The summed E-state index contributed by atoms with van der Waals surface area (Å²) < 4.78 is 25.5. The van der Waals surface area contributed by atoms with Crippen molar-refractivity contribution in [1.82, 2.24) is 14.2 Å². The average molecular weight is 337 g/mol. The molecule has 0 aliphatic carbocycles. The van der Waals surface area contributed by atoms with E-state index >= 15 is 0 Å². The van der Waals surface area contributed by atoms with Gasteiger partial charge >= 0.3 is 0 Å². The average Bonchev–Trinajstić information content (AvgIpc) is 2.99. The van der Waals surface area contributed by atoms with Crippen LogP contribution in [0.25, 0.3) is 0 Å². The van der Waals surface area contributed by atoms with Gasteiger partial charge in [-0.2, -0.15) is 0 Å². The number of pyridine rings is 1. The summed E-state index contributed by atoms with van der Waals surface area (Å²) >= 11 is 0. The molecule has 1 aromatic rings. The second kappa shape index (κ2) is 6.20. The van der Waals surface area contributed by atoms with Crippen molar-refractivity contribution in [3.8, 4) is 0 Å². The summed E-state index contributed by atoms with van der Waals surface area (Å²) in [5.74, 6) is 0.185. The van der Waals surface area contributed by atoms with Crippen LogP contribution in [0.3, 0.4) is 0 Å². The summed E-state index contributed by atoms with van der Waals surface area (Å²) in [6.07, 6.45) is 5.89. The Labute approximate surface area is 137 Å². The lowest BCUT2D eigenvalue weighted by Gasteiger charge is -2.38. The predicted octanol–water partition coefficient (Wildman–Crippen LogP) is 1.36. The summed E-state index contributed by atoms with van der Waals surface area (Å²) in [6, 6.07) is 3.56. The molecule has 0 aromatic carbocycles. The number of nitrogens with zero attached hydrogens (tertiary/aromatic N) is 3. The lowest BCUT2D eigenvalue weighted by atomic mass is 9.78. The molecule has 0 unspecified atom stereocenters. The number of carbonyl (C=O) groups is 1. The Hall–Kier alpha value is -1.47. The van der Waals surface area contributed by atoms with Crippen molar-refractivity contribution in [3.63, 3.8) is 0 Å². The van der Waals surface area contributed by atoms with Gasteiger partial charge in [-0.05, 0) is 43.7 Å². The summed E-state index contributed by atoms with van der Waals surface area (Å²) in [5.41, 5.74) is 0.702. The summed E-state index contributed by atoms with van der Waals surface area (Å²) in [5, 5.41) is 0. The van der Waals surface area contributed by atoms with Crippen LogP contribution < -0.4 is 0 Å². The van der Waals surface area contributed by atoms with Gasteiger partial charge in [0, 0.05) is 38.6 Å². The van der Waals surface area contributed by atoms with Crippen molar-refractivity contribution >= 4 is 15.9 Å². The molecule has 2 fully saturated rings. The van der Waals surface area contributed by atoms with Crippen LogP contribution in [0, 0.1) is 5.41 Å². The molecule has 2 aliphatic rings. The first-order valence-electron chi connectivity index (χ1n) is 8.13. The van der Waals surface area contributed by atoms with E-state index in [-0.39, 0.29) is 17.1 Å². The number of hydrogen-bond donors (Lipinski definition) is 0. The highest BCUT2D eigenvalue weighted by Crippen LogP contribution is 2.41. The molecule has 1 spiro atoms. The van der Waals surface area contributed by atoms with E-state index in [1.807, 2.05) is 4.90 Å². The second-order valence-corrected chi connectivity index (χ2v) is 8.78. The number of amides is 1. The fourth-order valence-electron chi connectivity index (χ4n) is 3.61. The van der Waals surface area contributed by atoms with E-state index in [0.29, 0.717) is 18.7 Å². The van der Waals surface area contributed by atoms with Gasteiger partial charge in [-0.25, -0.2) is 12.7 Å². The maximum atomic E-state index is 12.5. The number of piperidine rings is 1. The molecule has 126 valence electrons. The van der Waals surface area contributed by atoms with E-state index < -0.39 is 10.0 Å². The third-order valence-electron chi connectivity index (χ3n) is 5.18. The number of sulfonamides is 1. The van der Waals surface area contributed by atoms with E-state index in [0.717, 1.165) is 32.4 Å². The van der Waals surface area contributed by atoms with Crippen molar-refractivity contribution in [3.05, 3.63) is 30.1 Å². The molecule has 0 radical (unpaired) electrons. The van der Waals surface area contributed by atoms with Crippen LogP contribution in [0.5, 0.6) is 0 Å². The Balaban J connectivity index is 1.63. The van der Waals surface area contributed by atoms with Crippen molar-refractivity contribution in [2.75, 3.05) is 31.9 Å². The van der Waals surface area contributed by atoms with Crippen molar-refractivity contribution in [1.29, 1.82) is 0 Å². The summed E-state index contributed by atoms with van der Waals surface area (Å²) in [4.78, 5) is 18.4. The van der Waals surface area contributed by atoms with E-state index in [9.17, 15) is 13.2 Å². The topological polar surface area (TPSA) is 70.6 Å². The van der Waals surface area contributed by atoms with Crippen molar-refractivity contribution in [2.45, 2.75) is 26.2 Å². The van der Waals surface area contributed by atoms with Gasteiger partial charge in [0.1, 0.15) is 0 Å². The molecule has 6 nitrogen and oxygen atoms in total. The monoisotopic (exact) mass is 337 g/mol. The molecule has 0 saturated carbocycles. The molecule has 3 rings (SSSR count). The summed E-state index contributed by atoms with van der Waals surface area (Å²) in [6.45, 7) is 4.30. The molecule has 0 bridgehead atoms. The molecule has 3 heterocycles. The first-order chi connectivity index (χ1) is 11.0. The normalized spacial score (nSPS) is 21.7. The second-order valence-electron chi connectivity index (χ2n) is 6.52. The van der Waals surface area contributed by atoms with E-state index in [1.54, 1.807) is 35.8 Å². The van der Waals surface area contributed by atoms with Gasteiger partial charge < -0.3 is 4.90 Å². The smallest absolute Gasteiger partial charge is 0.255 e. The van der Waals surface area contributed by atoms with Crippen LogP contribution in [0.15, 0.2) is 24.5 Å². The Morgan fingerprint density at radius 3 is 2.57 bits per heavy atom. The molecule has 23 heavy (non-hydrogen) atoms. The minimum Gasteiger partial charge on any atom is -0.338 e. The van der Waals surface area contributed by atoms with E-state index in [2.05, 4.69) is 4.98 Å². The SMILES string of the molecule is CCS(=O)(=O)N1CCC2(CCN(C(=O)c3cccnc3)C2)CC1. The van der Waals surface area contributed by atoms with Crippen LogP contribution in [-0.2, 0) is 10.0 Å². The van der Waals surface area contributed by atoms with Crippen LogP contribution in [0.2, 0.25) is 0 Å². The van der Waals surface area contributed by atoms with Crippen LogP contribution in [-0.4, -0.2) is 60.4 Å². The molecule has 1 aromatic heterocycles. The molecular weight excluding hydrogens is 314 g/mol. The minimum atomic E-state index is -3.10. The zero-order chi connectivity index (χ0) is 16.5. The van der Waals surface area contributed by atoms with Crippen LogP contribution in [0.4, 0.5) is 0 Å².